The lowest BCUT2D eigenvalue weighted by Crippen LogP contribution is -2.34. The van der Waals surface area contributed by atoms with E-state index in [-0.39, 0.29) is 12.5 Å². The molecule has 148 valence electrons. The number of ketones is 1. The minimum atomic E-state index is -1.41. The molecule has 1 amide bonds. The molecule has 2 atom stereocenters. The topological polar surface area (TPSA) is 98.6 Å². The molecule has 0 saturated carbocycles. The van der Waals surface area contributed by atoms with E-state index in [1.807, 2.05) is 48.5 Å². The SMILES string of the molecule is N#CC(C(=O)NCc1ccccc1)C(=O)c1[nH]nc2c1C1CCCc3cccc-2c31. The summed E-state index contributed by atoms with van der Waals surface area (Å²) in [5, 5.41) is 19.6. The number of nitriles is 1. The average Bonchev–Trinajstić information content (AvgIpc) is 3.35. The zero-order chi connectivity index (χ0) is 20.7. The highest BCUT2D eigenvalue weighted by Crippen LogP contribution is 2.51. The number of nitrogens with zero attached hydrogens (tertiary/aromatic N) is 2. The second-order valence-electron chi connectivity index (χ2n) is 7.81. The van der Waals surface area contributed by atoms with E-state index in [0.29, 0.717) is 5.69 Å². The molecule has 1 aromatic heterocycles. The normalized spacial score (nSPS) is 16.8. The lowest BCUT2D eigenvalue weighted by Gasteiger charge is -2.22. The van der Waals surface area contributed by atoms with Crippen LogP contribution >= 0.6 is 0 Å². The average molecular weight is 396 g/mol. The molecule has 2 aliphatic rings. The van der Waals surface area contributed by atoms with Gasteiger partial charge in [-0.2, -0.15) is 10.4 Å². The Morgan fingerprint density at radius 3 is 2.80 bits per heavy atom. The standard InChI is InChI=1S/C24H20N4O2/c25-12-18(24(30)26-13-14-6-2-1-3-7-14)23(29)22-20-16-10-4-8-15-9-5-11-17(19(15)16)21(20)27-28-22/h1-3,5-7,9,11,16,18H,4,8,10,13H2,(H,26,30)(H,27,28). The number of hydrogen-bond acceptors (Lipinski definition) is 4. The highest BCUT2D eigenvalue weighted by molar-refractivity contribution is 6.12. The van der Waals surface area contributed by atoms with E-state index in [4.69, 9.17) is 0 Å². The summed E-state index contributed by atoms with van der Waals surface area (Å²) in [5.41, 5.74) is 6.44. The van der Waals surface area contributed by atoms with Gasteiger partial charge in [-0.05, 0) is 36.0 Å². The molecule has 0 spiro atoms. The molecule has 2 unspecified atom stereocenters. The number of fused-ring (bicyclic) bond motifs is 3. The monoisotopic (exact) mass is 396 g/mol. The maximum Gasteiger partial charge on any atom is 0.245 e. The van der Waals surface area contributed by atoms with Gasteiger partial charge in [0.2, 0.25) is 11.7 Å². The Hall–Kier alpha value is -3.72. The van der Waals surface area contributed by atoms with Gasteiger partial charge < -0.3 is 5.32 Å². The lowest BCUT2D eigenvalue weighted by atomic mass is 9.81. The molecule has 2 aliphatic carbocycles. The van der Waals surface area contributed by atoms with Crippen LogP contribution in [-0.4, -0.2) is 21.9 Å². The van der Waals surface area contributed by atoms with E-state index in [1.165, 1.54) is 11.1 Å². The van der Waals surface area contributed by atoms with Crippen LogP contribution < -0.4 is 5.32 Å². The third kappa shape index (κ3) is 2.82. The Kier molecular flexibility index (Phi) is 4.44. The fourth-order valence-electron chi connectivity index (χ4n) is 4.73. The number of aromatic nitrogens is 2. The van der Waals surface area contributed by atoms with Gasteiger partial charge in [-0.15, -0.1) is 0 Å². The number of rotatable bonds is 5. The summed E-state index contributed by atoms with van der Waals surface area (Å²) in [6, 6.07) is 17.5. The molecule has 0 saturated heterocycles. The number of Topliss-reactive ketones (excluding diaryl/α,β-unsaturated/α-hetero) is 1. The van der Waals surface area contributed by atoms with E-state index in [2.05, 4.69) is 21.6 Å². The number of H-pyrrole nitrogens is 1. The minimum absolute atomic E-state index is 0.101. The van der Waals surface area contributed by atoms with Crippen molar-refractivity contribution in [2.75, 3.05) is 0 Å². The molecular formula is C24H20N4O2. The van der Waals surface area contributed by atoms with Gasteiger partial charge in [0.25, 0.3) is 0 Å². The van der Waals surface area contributed by atoms with Crippen LogP contribution in [0, 0.1) is 17.2 Å². The number of nitrogens with one attached hydrogen (secondary N) is 2. The Labute approximate surface area is 173 Å². The number of benzene rings is 2. The number of amides is 1. The van der Waals surface area contributed by atoms with Gasteiger partial charge in [-0.25, -0.2) is 0 Å². The lowest BCUT2D eigenvalue weighted by molar-refractivity contribution is -0.122. The first kappa shape index (κ1) is 18.3. The van der Waals surface area contributed by atoms with Gasteiger partial charge in [0.1, 0.15) is 5.69 Å². The molecule has 0 radical (unpaired) electrons. The van der Waals surface area contributed by atoms with Crippen LogP contribution in [0.2, 0.25) is 0 Å². The van der Waals surface area contributed by atoms with E-state index in [1.54, 1.807) is 0 Å². The largest absolute Gasteiger partial charge is 0.350 e. The van der Waals surface area contributed by atoms with Crippen molar-refractivity contribution in [2.24, 2.45) is 5.92 Å². The van der Waals surface area contributed by atoms with E-state index in [9.17, 15) is 14.9 Å². The van der Waals surface area contributed by atoms with Crippen molar-refractivity contribution in [1.29, 1.82) is 5.26 Å². The zero-order valence-electron chi connectivity index (χ0n) is 16.3. The Morgan fingerprint density at radius 1 is 1.17 bits per heavy atom. The van der Waals surface area contributed by atoms with Crippen molar-refractivity contribution < 1.29 is 9.59 Å². The molecule has 1 heterocycles. The molecule has 2 N–H and O–H groups in total. The number of hydrogen-bond donors (Lipinski definition) is 2. The summed E-state index contributed by atoms with van der Waals surface area (Å²) in [4.78, 5) is 25.8. The first-order valence-electron chi connectivity index (χ1n) is 10.1. The Morgan fingerprint density at radius 2 is 2.00 bits per heavy atom. The van der Waals surface area contributed by atoms with Crippen molar-refractivity contribution in [1.82, 2.24) is 15.5 Å². The predicted molar refractivity (Wildman–Crippen MR) is 111 cm³/mol. The van der Waals surface area contributed by atoms with Gasteiger partial charge in [-0.1, -0.05) is 48.5 Å². The number of carbonyl (C=O) groups is 2. The Balaban J connectivity index is 1.42. The first-order valence-corrected chi connectivity index (χ1v) is 10.1. The van der Waals surface area contributed by atoms with Crippen LogP contribution in [0.5, 0.6) is 0 Å². The van der Waals surface area contributed by atoms with E-state index < -0.39 is 17.6 Å². The quantitative estimate of drug-likeness (QED) is 0.509. The molecule has 3 aromatic rings. The molecule has 6 nitrogen and oxygen atoms in total. The zero-order valence-corrected chi connectivity index (χ0v) is 16.3. The van der Waals surface area contributed by atoms with Gasteiger partial charge in [0.15, 0.2) is 5.92 Å². The second-order valence-corrected chi connectivity index (χ2v) is 7.81. The third-order valence-corrected chi connectivity index (χ3v) is 6.10. The summed E-state index contributed by atoms with van der Waals surface area (Å²) >= 11 is 0. The smallest absolute Gasteiger partial charge is 0.245 e. The molecule has 30 heavy (non-hydrogen) atoms. The predicted octanol–water partition coefficient (Wildman–Crippen LogP) is 3.50. The fraction of sp³-hybridized carbons (Fsp3) is 0.250. The molecule has 6 heteroatoms. The van der Waals surface area contributed by atoms with Crippen molar-refractivity contribution in [3.63, 3.8) is 0 Å². The van der Waals surface area contributed by atoms with Crippen molar-refractivity contribution >= 4 is 11.7 Å². The molecular weight excluding hydrogens is 376 g/mol. The van der Waals surface area contributed by atoms with Crippen LogP contribution in [0.25, 0.3) is 11.3 Å². The van der Waals surface area contributed by atoms with Gasteiger partial charge in [0, 0.05) is 23.6 Å². The fourth-order valence-corrected chi connectivity index (χ4v) is 4.73. The molecule has 5 rings (SSSR count). The van der Waals surface area contributed by atoms with Crippen LogP contribution in [-0.2, 0) is 17.8 Å². The van der Waals surface area contributed by atoms with Gasteiger partial charge in [-0.3, -0.25) is 14.7 Å². The highest BCUT2D eigenvalue weighted by atomic mass is 16.2. The summed E-state index contributed by atoms with van der Waals surface area (Å²) < 4.78 is 0. The third-order valence-electron chi connectivity index (χ3n) is 6.10. The van der Waals surface area contributed by atoms with Crippen LogP contribution in [0.3, 0.4) is 0 Å². The molecule has 0 aliphatic heterocycles. The van der Waals surface area contributed by atoms with Crippen molar-refractivity contribution in [3.05, 3.63) is 76.5 Å². The number of aromatic amines is 1. The van der Waals surface area contributed by atoms with Crippen LogP contribution in [0.4, 0.5) is 0 Å². The summed E-state index contributed by atoms with van der Waals surface area (Å²) in [7, 11) is 0. The molecule has 0 bridgehead atoms. The minimum Gasteiger partial charge on any atom is -0.350 e. The number of aryl methyl sites for hydroxylation is 1. The second kappa shape index (κ2) is 7.27. The Bertz CT molecular complexity index is 1190. The highest BCUT2D eigenvalue weighted by Gasteiger charge is 2.40. The van der Waals surface area contributed by atoms with Gasteiger partial charge >= 0.3 is 0 Å². The van der Waals surface area contributed by atoms with Crippen LogP contribution in [0.1, 0.15) is 51.5 Å². The van der Waals surface area contributed by atoms with E-state index in [0.717, 1.165) is 41.6 Å². The maximum atomic E-state index is 13.2. The summed E-state index contributed by atoms with van der Waals surface area (Å²) in [5.74, 6) is -2.42. The van der Waals surface area contributed by atoms with Gasteiger partial charge in [0.05, 0.1) is 11.8 Å². The molecule has 2 aromatic carbocycles. The van der Waals surface area contributed by atoms with E-state index >= 15 is 0 Å². The molecule has 0 fully saturated rings. The number of carbonyl (C=O) groups excluding carboxylic acids is 2. The van der Waals surface area contributed by atoms with Crippen LogP contribution in [0.15, 0.2) is 48.5 Å². The van der Waals surface area contributed by atoms with Crippen molar-refractivity contribution in [3.8, 4) is 17.3 Å². The summed E-state index contributed by atoms with van der Waals surface area (Å²) in [6.45, 7) is 0.268. The van der Waals surface area contributed by atoms with Crippen molar-refractivity contribution in [2.45, 2.75) is 31.7 Å². The summed E-state index contributed by atoms with van der Waals surface area (Å²) in [6.07, 6.45) is 3.01. The maximum absolute atomic E-state index is 13.2. The first-order chi connectivity index (χ1) is 14.7.